The lowest BCUT2D eigenvalue weighted by Crippen LogP contribution is -2.43. The van der Waals surface area contributed by atoms with Crippen molar-refractivity contribution >= 4 is 23.4 Å². The minimum absolute atomic E-state index is 0.0177. The van der Waals surface area contributed by atoms with Gasteiger partial charge in [0, 0.05) is 55.6 Å². The summed E-state index contributed by atoms with van der Waals surface area (Å²) in [6.07, 6.45) is 5.75. The Morgan fingerprint density at radius 2 is 1.89 bits per heavy atom. The van der Waals surface area contributed by atoms with Crippen LogP contribution in [-0.4, -0.2) is 53.3 Å². The molecule has 5 nitrogen and oxygen atoms in total. The molecule has 142 valence electrons. The number of likely N-dealkylation sites (N-methyl/N-ethyl adjacent to an activating group) is 1. The highest BCUT2D eigenvalue weighted by Crippen LogP contribution is 2.22. The lowest BCUT2D eigenvalue weighted by atomic mass is 9.94. The van der Waals surface area contributed by atoms with Crippen LogP contribution in [0.2, 0.25) is 5.02 Å². The summed E-state index contributed by atoms with van der Waals surface area (Å²) in [6, 6.07) is 10.9. The molecule has 1 aliphatic heterocycles. The number of halogens is 1. The summed E-state index contributed by atoms with van der Waals surface area (Å²) in [4.78, 5) is 32.9. The van der Waals surface area contributed by atoms with Gasteiger partial charge in [-0.05, 0) is 55.2 Å². The Labute approximate surface area is 164 Å². The molecule has 0 radical (unpaired) electrons. The van der Waals surface area contributed by atoms with Crippen molar-refractivity contribution < 1.29 is 9.59 Å². The summed E-state index contributed by atoms with van der Waals surface area (Å²) in [5.41, 5.74) is 1.77. The third kappa shape index (κ3) is 5.07. The first kappa shape index (κ1) is 19.4. The van der Waals surface area contributed by atoms with E-state index >= 15 is 0 Å². The monoisotopic (exact) mass is 385 g/mol. The highest BCUT2D eigenvalue weighted by molar-refractivity contribution is 6.30. The van der Waals surface area contributed by atoms with Crippen molar-refractivity contribution in [3.63, 3.8) is 0 Å². The number of carbonyl (C=O) groups is 2. The Kier molecular flexibility index (Phi) is 6.45. The average molecular weight is 386 g/mol. The zero-order valence-electron chi connectivity index (χ0n) is 15.5. The summed E-state index contributed by atoms with van der Waals surface area (Å²) >= 11 is 5.98. The second-order valence-electron chi connectivity index (χ2n) is 6.94. The van der Waals surface area contributed by atoms with Crippen LogP contribution in [0.4, 0.5) is 0 Å². The lowest BCUT2D eigenvalue weighted by molar-refractivity contribution is -0.135. The first-order valence-corrected chi connectivity index (χ1v) is 9.61. The Morgan fingerprint density at radius 1 is 1.19 bits per heavy atom. The largest absolute Gasteiger partial charge is 0.345 e. The molecular formula is C21H24ClN3O2. The van der Waals surface area contributed by atoms with Crippen LogP contribution in [0.5, 0.6) is 0 Å². The highest BCUT2D eigenvalue weighted by atomic mass is 35.5. The van der Waals surface area contributed by atoms with Crippen LogP contribution in [-0.2, 0) is 11.2 Å². The van der Waals surface area contributed by atoms with Gasteiger partial charge in [-0.25, -0.2) is 0 Å². The maximum Gasteiger partial charge on any atom is 0.253 e. The van der Waals surface area contributed by atoms with Crippen LogP contribution in [0.3, 0.4) is 0 Å². The fourth-order valence-corrected chi connectivity index (χ4v) is 3.59. The minimum Gasteiger partial charge on any atom is -0.345 e. The molecule has 1 saturated heterocycles. The van der Waals surface area contributed by atoms with Crippen LogP contribution in [0.15, 0.2) is 48.8 Å². The van der Waals surface area contributed by atoms with E-state index < -0.39 is 0 Å². The average Bonchev–Trinajstić information content (AvgIpc) is 2.72. The van der Waals surface area contributed by atoms with E-state index in [9.17, 15) is 9.59 Å². The predicted molar refractivity (Wildman–Crippen MR) is 106 cm³/mol. The van der Waals surface area contributed by atoms with E-state index in [1.165, 1.54) is 5.56 Å². The molecule has 0 aliphatic carbocycles. The van der Waals surface area contributed by atoms with Crippen molar-refractivity contribution in [3.05, 3.63) is 64.9 Å². The van der Waals surface area contributed by atoms with Gasteiger partial charge in [0.2, 0.25) is 5.91 Å². The molecule has 1 fully saturated rings. The van der Waals surface area contributed by atoms with Gasteiger partial charge in [-0.3, -0.25) is 14.6 Å². The number of nitrogens with zero attached hydrogens (tertiary/aromatic N) is 3. The molecule has 6 heteroatoms. The number of likely N-dealkylation sites (tertiary alicyclic amines) is 1. The first-order chi connectivity index (χ1) is 13.0. The predicted octanol–water partition coefficient (Wildman–Crippen LogP) is 3.29. The van der Waals surface area contributed by atoms with Crippen LogP contribution < -0.4 is 0 Å². The third-order valence-electron chi connectivity index (χ3n) is 5.06. The minimum atomic E-state index is -0.0190. The van der Waals surface area contributed by atoms with E-state index in [-0.39, 0.29) is 17.7 Å². The van der Waals surface area contributed by atoms with Gasteiger partial charge in [0.15, 0.2) is 0 Å². The third-order valence-corrected chi connectivity index (χ3v) is 5.30. The molecule has 2 heterocycles. The van der Waals surface area contributed by atoms with Gasteiger partial charge >= 0.3 is 0 Å². The summed E-state index contributed by atoms with van der Waals surface area (Å²) in [5.74, 6) is 0.129. The maximum absolute atomic E-state index is 12.7. The van der Waals surface area contributed by atoms with Crippen LogP contribution >= 0.6 is 11.6 Å². The number of rotatable bonds is 5. The number of benzene rings is 1. The van der Waals surface area contributed by atoms with E-state index in [2.05, 4.69) is 4.98 Å². The number of amides is 2. The van der Waals surface area contributed by atoms with Gasteiger partial charge in [-0.15, -0.1) is 0 Å². The second kappa shape index (κ2) is 9.00. The number of carbonyl (C=O) groups excluding carboxylic acids is 2. The van der Waals surface area contributed by atoms with Gasteiger partial charge in [-0.1, -0.05) is 17.7 Å². The number of piperidine rings is 1. The summed E-state index contributed by atoms with van der Waals surface area (Å²) in [7, 11) is 1.85. The fraction of sp³-hybridized carbons (Fsp3) is 0.381. The van der Waals surface area contributed by atoms with Gasteiger partial charge in [0.05, 0.1) is 0 Å². The van der Waals surface area contributed by atoms with Crippen molar-refractivity contribution in [1.82, 2.24) is 14.8 Å². The molecule has 0 saturated carbocycles. The highest BCUT2D eigenvalue weighted by Gasteiger charge is 2.29. The first-order valence-electron chi connectivity index (χ1n) is 9.23. The number of aromatic nitrogens is 1. The fourth-order valence-electron chi connectivity index (χ4n) is 3.40. The van der Waals surface area contributed by atoms with E-state index in [0.29, 0.717) is 43.1 Å². The van der Waals surface area contributed by atoms with E-state index in [1.807, 2.05) is 24.1 Å². The smallest absolute Gasteiger partial charge is 0.253 e. The lowest BCUT2D eigenvalue weighted by Gasteiger charge is -2.33. The maximum atomic E-state index is 12.7. The molecule has 1 aliphatic rings. The topological polar surface area (TPSA) is 53.5 Å². The van der Waals surface area contributed by atoms with Crippen molar-refractivity contribution in [2.45, 2.75) is 19.3 Å². The van der Waals surface area contributed by atoms with Gasteiger partial charge in [0.25, 0.3) is 5.91 Å². The molecule has 1 aromatic heterocycles. The molecule has 0 N–H and O–H groups in total. The molecule has 0 spiro atoms. The zero-order chi connectivity index (χ0) is 19.2. The zero-order valence-corrected chi connectivity index (χ0v) is 16.2. The van der Waals surface area contributed by atoms with Crippen molar-refractivity contribution in [2.24, 2.45) is 5.92 Å². The molecule has 2 aromatic rings. The Morgan fingerprint density at radius 3 is 2.56 bits per heavy atom. The molecule has 0 unspecified atom stereocenters. The van der Waals surface area contributed by atoms with Crippen LogP contribution in [0, 0.1) is 5.92 Å². The summed E-state index contributed by atoms with van der Waals surface area (Å²) < 4.78 is 0. The van der Waals surface area contributed by atoms with Gasteiger partial charge in [-0.2, -0.15) is 0 Å². The van der Waals surface area contributed by atoms with E-state index in [1.54, 1.807) is 41.6 Å². The Hall–Kier alpha value is -2.40. The van der Waals surface area contributed by atoms with Gasteiger partial charge in [0.1, 0.15) is 0 Å². The van der Waals surface area contributed by atoms with Crippen molar-refractivity contribution in [3.8, 4) is 0 Å². The summed E-state index contributed by atoms with van der Waals surface area (Å²) in [6.45, 7) is 1.88. The SMILES string of the molecule is CN(CCc1ccncc1)C(=O)C1CCN(C(=O)c2cccc(Cl)c2)CC1. The quantitative estimate of drug-likeness (QED) is 0.793. The number of pyridine rings is 1. The molecule has 0 atom stereocenters. The molecule has 3 rings (SSSR count). The normalized spacial score (nSPS) is 14.8. The van der Waals surface area contributed by atoms with Crippen molar-refractivity contribution in [2.75, 3.05) is 26.7 Å². The molecule has 0 bridgehead atoms. The van der Waals surface area contributed by atoms with Crippen LogP contribution in [0.25, 0.3) is 0 Å². The summed E-state index contributed by atoms with van der Waals surface area (Å²) in [5, 5.41) is 0.557. The number of hydrogen-bond donors (Lipinski definition) is 0. The molecule has 27 heavy (non-hydrogen) atoms. The molecular weight excluding hydrogens is 362 g/mol. The molecule has 1 aromatic carbocycles. The van der Waals surface area contributed by atoms with E-state index in [4.69, 9.17) is 11.6 Å². The second-order valence-corrected chi connectivity index (χ2v) is 7.38. The molecule has 2 amide bonds. The van der Waals surface area contributed by atoms with Crippen molar-refractivity contribution in [1.29, 1.82) is 0 Å². The Bertz CT molecular complexity index is 789. The van der Waals surface area contributed by atoms with E-state index in [0.717, 1.165) is 6.42 Å². The Balaban J connectivity index is 1.49. The number of hydrogen-bond acceptors (Lipinski definition) is 3. The van der Waals surface area contributed by atoms with Gasteiger partial charge < -0.3 is 9.80 Å². The van der Waals surface area contributed by atoms with Crippen LogP contribution in [0.1, 0.15) is 28.8 Å². The standard InChI is InChI=1S/C21H24ClN3O2/c1-24(12-7-16-5-10-23-11-6-16)20(26)17-8-13-25(14-9-17)21(27)18-3-2-4-19(22)15-18/h2-6,10-11,15,17H,7-9,12-14H2,1H3.